The fraction of sp³-hybridized carbons (Fsp3) is 0.462. The molecule has 32 heavy (non-hydrogen) atoms. The standard InChI is InChI=1S/C26H34N2O4/c1-19-10-11-20(2)23(18-19)32-15-7-12-26(3,4)25(30)27-22-9-6-5-8-21(22)24(29)28-13-16-31-17-14-28/h5-6,8-11,18H,7,12-17H2,1-4H3,(H,27,30). The van der Waals surface area contributed by atoms with Gasteiger partial charge in [-0.2, -0.15) is 0 Å². The predicted molar refractivity (Wildman–Crippen MR) is 126 cm³/mol. The zero-order valence-corrected chi connectivity index (χ0v) is 19.6. The van der Waals surface area contributed by atoms with Crippen molar-refractivity contribution < 1.29 is 19.1 Å². The van der Waals surface area contributed by atoms with E-state index in [4.69, 9.17) is 9.47 Å². The van der Waals surface area contributed by atoms with Crippen molar-refractivity contribution in [3.63, 3.8) is 0 Å². The van der Waals surface area contributed by atoms with Gasteiger partial charge in [-0.25, -0.2) is 0 Å². The Morgan fingerprint density at radius 2 is 1.81 bits per heavy atom. The van der Waals surface area contributed by atoms with Gasteiger partial charge < -0.3 is 19.7 Å². The van der Waals surface area contributed by atoms with Gasteiger partial charge in [0.25, 0.3) is 5.91 Å². The molecule has 0 spiro atoms. The van der Waals surface area contributed by atoms with Gasteiger partial charge in [0.1, 0.15) is 5.75 Å². The molecular weight excluding hydrogens is 404 g/mol. The maximum absolute atomic E-state index is 13.1. The summed E-state index contributed by atoms with van der Waals surface area (Å²) in [6, 6.07) is 13.4. The first-order valence-corrected chi connectivity index (χ1v) is 11.3. The summed E-state index contributed by atoms with van der Waals surface area (Å²) in [5.74, 6) is 0.707. The maximum atomic E-state index is 13.1. The lowest BCUT2D eigenvalue weighted by molar-refractivity contribution is -0.124. The van der Waals surface area contributed by atoms with Crippen LogP contribution in [0.2, 0.25) is 0 Å². The fourth-order valence-electron chi connectivity index (χ4n) is 3.68. The monoisotopic (exact) mass is 438 g/mol. The molecular formula is C26H34N2O4. The molecule has 0 radical (unpaired) electrons. The van der Waals surface area contributed by atoms with Crippen LogP contribution in [0.25, 0.3) is 0 Å². The molecule has 1 saturated heterocycles. The minimum absolute atomic E-state index is 0.0797. The van der Waals surface area contributed by atoms with Crippen LogP contribution in [0.15, 0.2) is 42.5 Å². The molecule has 0 unspecified atom stereocenters. The van der Waals surface area contributed by atoms with E-state index in [0.717, 1.165) is 23.3 Å². The Bertz CT molecular complexity index is 949. The molecule has 0 atom stereocenters. The number of hydrogen-bond donors (Lipinski definition) is 1. The van der Waals surface area contributed by atoms with Crippen molar-refractivity contribution in [1.82, 2.24) is 4.90 Å². The van der Waals surface area contributed by atoms with Gasteiger partial charge in [-0.15, -0.1) is 0 Å². The quantitative estimate of drug-likeness (QED) is 0.612. The molecule has 2 aromatic rings. The van der Waals surface area contributed by atoms with Crippen molar-refractivity contribution in [1.29, 1.82) is 0 Å². The summed E-state index contributed by atoms with van der Waals surface area (Å²) in [6.45, 7) is 10.7. The fourth-order valence-corrected chi connectivity index (χ4v) is 3.68. The number of morpholine rings is 1. The lowest BCUT2D eigenvalue weighted by Crippen LogP contribution is -2.41. The predicted octanol–water partition coefficient (Wildman–Crippen LogP) is 4.60. The molecule has 1 heterocycles. The molecule has 2 amide bonds. The second kappa shape index (κ2) is 10.6. The normalized spacial score (nSPS) is 14.2. The van der Waals surface area contributed by atoms with Gasteiger partial charge in [0.05, 0.1) is 31.1 Å². The van der Waals surface area contributed by atoms with Crippen LogP contribution in [0.1, 0.15) is 48.2 Å². The highest BCUT2D eigenvalue weighted by Crippen LogP contribution is 2.27. The van der Waals surface area contributed by atoms with Gasteiger partial charge in [-0.1, -0.05) is 38.1 Å². The van der Waals surface area contributed by atoms with E-state index in [1.807, 2.05) is 45.9 Å². The zero-order chi connectivity index (χ0) is 23.1. The van der Waals surface area contributed by atoms with Crippen molar-refractivity contribution >= 4 is 17.5 Å². The summed E-state index contributed by atoms with van der Waals surface area (Å²) in [5, 5.41) is 2.99. The average molecular weight is 439 g/mol. The van der Waals surface area contributed by atoms with Crippen LogP contribution >= 0.6 is 0 Å². The second-order valence-electron chi connectivity index (χ2n) is 9.01. The third-order valence-corrected chi connectivity index (χ3v) is 5.87. The van der Waals surface area contributed by atoms with Crippen molar-refractivity contribution in [2.75, 3.05) is 38.2 Å². The van der Waals surface area contributed by atoms with E-state index in [-0.39, 0.29) is 11.8 Å². The van der Waals surface area contributed by atoms with Crippen molar-refractivity contribution in [3.8, 4) is 5.75 Å². The number of carbonyl (C=O) groups is 2. The van der Waals surface area contributed by atoms with Gasteiger partial charge in [0, 0.05) is 18.5 Å². The molecule has 1 aliphatic rings. The summed E-state index contributed by atoms with van der Waals surface area (Å²) in [7, 11) is 0. The van der Waals surface area contributed by atoms with E-state index in [2.05, 4.69) is 17.4 Å². The topological polar surface area (TPSA) is 67.9 Å². The number of aryl methyl sites for hydroxylation is 2. The van der Waals surface area contributed by atoms with Crippen molar-refractivity contribution in [2.24, 2.45) is 5.41 Å². The molecule has 0 saturated carbocycles. The number of amides is 2. The second-order valence-corrected chi connectivity index (χ2v) is 9.01. The summed E-state index contributed by atoms with van der Waals surface area (Å²) in [4.78, 5) is 27.8. The minimum atomic E-state index is -0.597. The van der Waals surface area contributed by atoms with Gasteiger partial charge in [-0.05, 0) is 56.0 Å². The molecule has 0 aliphatic carbocycles. The maximum Gasteiger partial charge on any atom is 0.256 e. The van der Waals surface area contributed by atoms with E-state index in [1.165, 1.54) is 0 Å². The largest absolute Gasteiger partial charge is 0.493 e. The van der Waals surface area contributed by atoms with E-state index >= 15 is 0 Å². The Kier molecular flexibility index (Phi) is 7.91. The number of carbonyl (C=O) groups excluding carboxylic acids is 2. The number of para-hydroxylation sites is 1. The summed E-state index contributed by atoms with van der Waals surface area (Å²) >= 11 is 0. The SMILES string of the molecule is Cc1ccc(C)c(OCCCC(C)(C)C(=O)Nc2ccccc2C(=O)N2CCOCC2)c1. The minimum Gasteiger partial charge on any atom is -0.493 e. The van der Waals surface area contributed by atoms with Gasteiger partial charge >= 0.3 is 0 Å². The molecule has 6 nitrogen and oxygen atoms in total. The first kappa shape index (κ1) is 23.8. The highest BCUT2D eigenvalue weighted by atomic mass is 16.5. The Morgan fingerprint density at radius 1 is 1.09 bits per heavy atom. The average Bonchev–Trinajstić information content (AvgIpc) is 2.79. The lowest BCUT2D eigenvalue weighted by Gasteiger charge is -2.28. The Hall–Kier alpha value is -2.86. The summed E-state index contributed by atoms with van der Waals surface area (Å²) < 4.78 is 11.3. The Morgan fingerprint density at radius 3 is 2.56 bits per heavy atom. The molecule has 2 aromatic carbocycles. The van der Waals surface area contributed by atoms with Gasteiger partial charge in [0.15, 0.2) is 0 Å². The van der Waals surface area contributed by atoms with E-state index in [9.17, 15) is 9.59 Å². The molecule has 0 bridgehead atoms. The summed E-state index contributed by atoms with van der Waals surface area (Å²) in [6.07, 6.45) is 1.42. The van der Waals surface area contributed by atoms with Crippen molar-refractivity contribution in [3.05, 3.63) is 59.2 Å². The number of benzene rings is 2. The number of anilines is 1. The first-order valence-electron chi connectivity index (χ1n) is 11.3. The third kappa shape index (κ3) is 6.10. The molecule has 172 valence electrons. The van der Waals surface area contributed by atoms with Crippen LogP contribution in [0.3, 0.4) is 0 Å². The van der Waals surface area contributed by atoms with Crippen LogP contribution in [0.5, 0.6) is 5.75 Å². The van der Waals surface area contributed by atoms with Crippen LogP contribution in [-0.2, 0) is 9.53 Å². The molecule has 1 fully saturated rings. The number of ether oxygens (including phenoxy) is 2. The summed E-state index contributed by atoms with van der Waals surface area (Å²) in [5.41, 5.74) is 2.73. The molecule has 1 N–H and O–H groups in total. The molecule has 1 aliphatic heterocycles. The van der Waals surface area contributed by atoms with Crippen LogP contribution < -0.4 is 10.1 Å². The highest BCUT2D eigenvalue weighted by molar-refractivity contribution is 6.04. The zero-order valence-electron chi connectivity index (χ0n) is 19.6. The Balaban J connectivity index is 1.57. The van der Waals surface area contributed by atoms with Crippen molar-refractivity contribution in [2.45, 2.75) is 40.5 Å². The molecule has 0 aromatic heterocycles. The smallest absolute Gasteiger partial charge is 0.256 e. The molecule has 3 rings (SSSR count). The number of hydrogen-bond acceptors (Lipinski definition) is 4. The molecule has 6 heteroatoms. The first-order chi connectivity index (χ1) is 15.3. The number of nitrogens with zero attached hydrogens (tertiary/aromatic N) is 1. The Labute approximate surface area is 190 Å². The highest BCUT2D eigenvalue weighted by Gasteiger charge is 2.29. The third-order valence-electron chi connectivity index (χ3n) is 5.87. The van der Waals surface area contributed by atoms with Crippen LogP contribution in [0, 0.1) is 19.3 Å². The van der Waals surface area contributed by atoms with Gasteiger partial charge in [0.2, 0.25) is 5.91 Å². The van der Waals surface area contributed by atoms with Crippen LogP contribution in [0.4, 0.5) is 5.69 Å². The van der Waals surface area contributed by atoms with E-state index in [1.54, 1.807) is 17.0 Å². The lowest BCUT2D eigenvalue weighted by atomic mass is 9.86. The number of rotatable bonds is 8. The number of nitrogens with one attached hydrogen (secondary N) is 1. The van der Waals surface area contributed by atoms with Crippen LogP contribution in [-0.4, -0.2) is 49.6 Å². The van der Waals surface area contributed by atoms with Gasteiger partial charge in [-0.3, -0.25) is 9.59 Å². The van der Waals surface area contributed by atoms with E-state index < -0.39 is 5.41 Å². The van der Waals surface area contributed by atoms with E-state index in [0.29, 0.717) is 50.6 Å².